The minimum Gasteiger partial charge on any atom is -0.468 e. The van der Waals surface area contributed by atoms with E-state index in [9.17, 15) is 45.0 Å². The summed E-state index contributed by atoms with van der Waals surface area (Å²) >= 11 is 0. The van der Waals surface area contributed by atoms with Crippen LogP contribution in [0.2, 0.25) is 0 Å². The molecule has 0 radical (unpaired) electrons. The highest BCUT2D eigenvalue weighted by Crippen LogP contribution is 2.72. The highest BCUT2D eigenvalue weighted by molar-refractivity contribution is 5.83. The van der Waals surface area contributed by atoms with Crippen molar-refractivity contribution < 1.29 is 54.5 Å². The molecular formula is C39H65NO11. The summed E-state index contributed by atoms with van der Waals surface area (Å²) in [6.45, 7) is 14.6. The van der Waals surface area contributed by atoms with Crippen molar-refractivity contribution >= 4 is 17.8 Å². The van der Waals surface area contributed by atoms with E-state index in [-0.39, 0.29) is 36.3 Å². The number of carbonyl (C=O) groups is 3. The zero-order valence-electron chi connectivity index (χ0n) is 32.3. The molecule has 12 nitrogen and oxygen atoms in total. The number of ether oxygens (including phenoxy) is 2. The smallest absolute Gasteiger partial charge is 0.325 e. The minimum atomic E-state index is -1.76. The maximum atomic E-state index is 13.3. The molecule has 4 aliphatic rings. The van der Waals surface area contributed by atoms with E-state index in [0.717, 1.165) is 25.7 Å². The van der Waals surface area contributed by atoms with E-state index in [1.165, 1.54) is 25.2 Å². The normalized spacial score (nSPS) is 36.9. The van der Waals surface area contributed by atoms with Crippen molar-refractivity contribution in [3.8, 4) is 0 Å². The lowest BCUT2D eigenvalue weighted by molar-refractivity contribution is -0.193. The quantitative estimate of drug-likeness (QED) is 0.109. The molecule has 0 aliphatic heterocycles. The largest absolute Gasteiger partial charge is 0.468 e. The lowest BCUT2D eigenvalue weighted by Gasteiger charge is -2.64. The van der Waals surface area contributed by atoms with Crippen LogP contribution in [-0.2, 0) is 23.9 Å². The number of rotatable bonds is 13. The maximum absolute atomic E-state index is 13.3. The molecule has 0 heterocycles. The number of fused-ring (bicyclic) bond motifs is 4. The van der Waals surface area contributed by atoms with E-state index in [2.05, 4.69) is 30.8 Å². The van der Waals surface area contributed by atoms with Gasteiger partial charge in [-0.1, -0.05) is 45.8 Å². The summed E-state index contributed by atoms with van der Waals surface area (Å²) in [5, 5.41) is 68.6. The highest BCUT2D eigenvalue weighted by atomic mass is 16.6. The molecule has 1 amide bonds. The molecule has 0 bridgehead atoms. The van der Waals surface area contributed by atoms with E-state index in [1.807, 2.05) is 13.8 Å². The van der Waals surface area contributed by atoms with Crippen LogP contribution in [0.5, 0.6) is 0 Å². The number of amides is 1. The molecule has 0 aromatic rings. The SMILES string of the molecule is COC(=O)CNC(=O)CC(C)(O)CC(=O)OC1CC2(C)C3=C(CCC2C(C)(C)C1O)C1(C)CCC(C(CO)CCC(O)C(C)(C)O)C1(C)C(O)C3. The van der Waals surface area contributed by atoms with Gasteiger partial charge < -0.3 is 45.4 Å². The Kier molecular flexibility index (Phi) is 11.9. The van der Waals surface area contributed by atoms with Crippen LogP contribution in [0.15, 0.2) is 11.1 Å². The number of allylic oxidation sites excluding steroid dienone is 1. The number of hydrogen-bond donors (Lipinski definition) is 7. The van der Waals surface area contributed by atoms with Gasteiger partial charge in [0.05, 0.1) is 49.5 Å². The van der Waals surface area contributed by atoms with E-state index < -0.39 is 82.6 Å². The van der Waals surface area contributed by atoms with Crippen molar-refractivity contribution in [3.05, 3.63) is 11.1 Å². The molecule has 0 aromatic carbocycles. The van der Waals surface area contributed by atoms with Gasteiger partial charge in [0.2, 0.25) is 5.91 Å². The lowest BCUT2D eigenvalue weighted by atomic mass is 9.42. The van der Waals surface area contributed by atoms with Crippen LogP contribution in [0.1, 0.15) is 120 Å². The fourth-order valence-corrected chi connectivity index (χ4v) is 11.1. The predicted octanol–water partition coefficient (Wildman–Crippen LogP) is 2.93. The fourth-order valence-electron chi connectivity index (χ4n) is 11.1. The third-order valence-corrected chi connectivity index (χ3v) is 14.3. The summed E-state index contributed by atoms with van der Waals surface area (Å²) in [4.78, 5) is 37.0. The van der Waals surface area contributed by atoms with Crippen molar-refractivity contribution in [1.29, 1.82) is 0 Å². The van der Waals surface area contributed by atoms with Crippen LogP contribution < -0.4 is 5.32 Å². The predicted molar refractivity (Wildman–Crippen MR) is 189 cm³/mol. The summed E-state index contributed by atoms with van der Waals surface area (Å²) in [6.07, 6.45) is 0.488. The Balaban J connectivity index is 1.58. The molecule has 0 saturated heterocycles. The first-order valence-electron chi connectivity index (χ1n) is 18.7. The maximum Gasteiger partial charge on any atom is 0.325 e. The van der Waals surface area contributed by atoms with Crippen molar-refractivity contribution in [1.82, 2.24) is 5.32 Å². The van der Waals surface area contributed by atoms with Gasteiger partial charge in [-0.05, 0) is 106 Å². The van der Waals surface area contributed by atoms with Gasteiger partial charge in [0.1, 0.15) is 12.6 Å². The topological polar surface area (TPSA) is 203 Å². The Morgan fingerprint density at radius 3 is 2.20 bits per heavy atom. The summed E-state index contributed by atoms with van der Waals surface area (Å²) in [5.41, 5.74) is -2.57. The first kappa shape index (κ1) is 41.7. The number of aliphatic hydroxyl groups is 6. The summed E-state index contributed by atoms with van der Waals surface area (Å²) in [5.74, 6) is -2.13. The van der Waals surface area contributed by atoms with Gasteiger partial charge in [-0.15, -0.1) is 0 Å². The number of hydrogen-bond acceptors (Lipinski definition) is 11. The third-order valence-electron chi connectivity index (χ3n) is 14.3. The van der Waals surface area contributed by atoms with Crippen molar-refractivity contribution in [2.45, 2.75) is 155 Å². The molecule has 11 unspecified atom stereocenters. The molecular weight excluding hydrogens is 658 g/mol. The van der Waals surface area contributed by atoms with Crippen LogP contribution in [0, 0.1) is 39.4 Å². The molecule has 12 heteroatoms. The fraction of sp³-hybridized carbons (Fsp3) is 0.872. The Hall–Kier alpha value is -2.09. The molecule has 2 fully saturated rings. The Bertz CT molecular complexity index is 1350. The summed E-state index contributed by atoms with van der Waals surface area (Å²) in [7, 11) is 1.19. The Labute approximate surface area is 303 Å². The number of esters is 2. The number of carbonyl (C=O) groups excluding carboxylic acids is 3. The van der Waals surface area contributed by atoms with E-state index >= 15 is 0 Å². The van der Waals surface area contributed by atoms with Gasteiger partial charge in [0.15, 0.2) is 0 Å². The van der Waals surface area contributed by atoms with Crippen LogP contribution in [0.3, 0.4) is 0 Å². The van der Waals surface area contributed by atoms with Crippen LogP contribution >= 0.6 is 0 Å². The van der Waals surface area contributed by atoms with Gasteiger partial charge >= 0.3 is 11.9 Å². The monoisotopic (exact) mass is 723 g/mol. The summed E-state index contributed by atoms with van der Waals surface area (Å²) < 4.78 is 10.5. The zero-order chi connectivity index (χ0) is 38.5. The molecule has 51 heavy (non-hydrogen) atoms. The van der Waals surface area contributed by atoms with E-state index in [0.29, 0.717) is 25.7 Å². The second-order valence-electron chi connectivity index (χ2n) is 18.3. The van der Waals surface area contributed by atoms with Gasteiger partial charge in [0.25, 0.3) is 0 Å². The first-order chi connectivity index (χ1) is 23.4. The molecule has 0 aromatic heterocycles. The standard InChI is InChI=1S/C39H65NO11/c1-34(2)27-12-11-24-25(16-29(43)39(8)23(14-15-38(24,39)7)22(21-41)10-13-28(42)35(3,4)48)37(27,6)17-26(33(34)47)51-31(45)19-36(5,49)18-30(44)40-20-32(46)50-9/h22-23,26-29,33,41-43,47-49H,10-21H2,1-9H3,(H,40,44). The van der Waals surface area contributed by atoms with Gasteiger partial charge in [-0.2, -0.15) is 0 Å². The Morgan fingerprint density at radius 1 is 0.961 bits per heavy atom. The molecule has 7 N–H and O–H groups in total. The molecule has 11 atom stereocenters. The first-order valence-corrected chi connectivity index (χ1v) is 18.7. The molecule has 4 aliphatic carbocycles. The minimum absolute atomic E-state index is 0.00440. The lowest BCUT2D eigenvalue weighted by Crippen LogP contribution is -2.62. The van der Waals surface area contributed by atoms with Crippen LogP contribution in [-0.4, -0.2) is 104 Å². The van der Waals surface area contributed by atoms with E-state index in [1.54, 1.807) is 13.8 Å². The summed E-state index contributed by atoms with van der Waals surface area (Å²) in [6, 6.07) is 0. The van der Waals surface area contributed by atoms with E-state index in [4.69, 9.17) is 4.74 Å². The number of aliphatic hydroxyl groups excluding tert-OH is 4. The van der Waals surface area contributed by atoms with Crippen molar-refractivity contribution in [3.63, 3.8) is 0 Å². The number of methoxy groups -OCH3 is 1. The van der Waals surface area contributed by atoms with Crippen LogP contribution in [0.25, 0.3) is 0 Å². The Morgan fingerprint density at radius 2 is 1.61 bits per heavy atom. The second-order valence-corrected chi connectivity index (χ2v) is 18.3. The molecule has 0 spiro atoms. The number of nitrogens with one attached hydrogen (secondary N) is 1. The average molecular weight is 724 g/mol. The highest BCUT2D eigenvalue weighted by Gasteiger charge is 2.67. The molecule has 4 rings (SSSR count). The average Bonchev–Trinajstić information content (AvgIpc) is 3.30. The zero-order valence-corrected chi connectivity index (χ0v) is 32.3. The van der Waals surface area contributed by atoms with Crippen LogP contribution in [0.4, 0.5) is 0 Å². The molecule has 2 saturated carbocycles. The van der Waals surface area contributed by atoms with Crippen molar-refractivity contribution in [2.75, 3.05) is 20.3 Å². The van der Waals surface area contributed by atoms with Gasteiger partial charge in [-0.3, -0.25) is 14.4 Å². The van der Waals surface area contributed by atoms with Crippen molar-refractivity contribution in [2.24, 2.45) is 39.4 Å². The van der Waals surface area contributed by atoms with Gasteiger partial charge in [-0.25, -0.2) is 0 Å². The van der Waals surface area contributed by atoms with Gasteiger partial charge in [0, 0.05) is 12.0 Å². The third kappa shape index (κ3) is 7.65. The second kappa shape index (κ2) is 14.6. The molecule has 292 valence electrons.